The summed E-state index contributed by atoms with van der Waals surface area (Å²) in [5.41, 5.74) is 10.7. The smallest absolute Gasteiger partial charge is 0.117 e. The van der Waals surface area contributed by atoms with E-state index in [1.165, 1.54) is 11.6 Å². The van der Waals surface area contributed by atoms with Crippen molar-refractivity contribution in [3.05, 3.63) is 58.7 Å². The van der Waals surface area contributed by atoms with Crippen molar-refractivity contribution in [2.75, 3.05) is 5.73 Å². The topological polar surface area (TPSA) is 43.8 Å². The Morgan fingerprint density at radius 1 is 1.30 bits per heavy atom. The third kappa shape index (κ3) is 3.07. The first-order valence-corrected chi connectivity index (χ1v) is 6.69. The van der Waals surface area contributed by atoms with Crippen LogP contribution in [0.2, 0.25) is 0 Å². The Balaban J connectivity index is 2.26. The number of allylic oxidation sites excluding steroid dienone is 2. The quantitative estimate of drug-likeness (QED) is 0.866. The molecule has 0 amide bonds. The summed E-state index contributed by atoms with van der Waals surface area (Å²) in [4.78, 5) is 0. The fraction of sp³-hybridized carbons (Fsp3) is 0.312. The van der Waals surface area contributed by atoms with Crippen molar-refractivity contribution in [1.29, 1.82) is 0 Å². The number of benzene rings is 1. The van der Waals surface area contributed by atoms with Crippen molar-refractivity contribution in [2.24, 2.45) is 0 Å². The lowest BCUT2D eigenvalue weighted by molar-refractivity contribution is 0.518. The van der Waals surface area contributed by atoms with E-state index < -0.39 is 0 Å². The molecule has 0 fully saturated rings. The molecule has 0 atom stereocenters. The maximum atomic E-state index is 13.4. The van der Waals surface area contributed by atoms with Gasteiger partial charge in [-0.3, -0.25) is 4.68 Å². The Labute approximate surface area is 118 Å². The highest BCUT2D eigenvalue weighted by atomic mass is 19.1. The summed E-state index contributed by atoms with van der Waals surface area (Å²) < 4.78 is 15.1. The molecule has 0 aliphatic carbocycles. The van der Waals surface area contributed by atoms with Gasteiger partial charge in [-0.1, -0.05) is 18.2 Å². The molecule has 2 N–H and O–H groups in total. The molecule has 1 heterocycles. The maximum absolute atomic E-state index is 13.4. The van der Waals surface area contributed by atoms with Gasteiger partial charge in [0.2, 0.25) is 0 Å². The molecular formula is C16H20FN3. The minimum absolute atomic E-state index is 0.172. The Morgan fingerprint density at radius 2 is 1.95 bits per heavy atom. The number of anilines is 1. The molecule has 4 heteroatoms. The molecule has 106 valence electrons. The van der Waals surface area contributed by atoms with Gasteiger partial charge >= 0.3 is 0 Å². The van der Waals surface area contributed by atoms with Crippen molar-refractivity contribution in [3.8, 4) is 0 Å². The third-order valence-electron chi connectivity index (χ3n) is 3.51. The van der Waals surface area contributed by atoms with Gasteiger partial charge in [0.1, 0.15) is 5.83 Å². The molecule has 1 aromatic heterocycles. The highest BCUT2D eigenvalue weighted by Gasteiger charge is 2.12. The SMILES string of the molecule is CC=C(F)Cn1nc(C)c(Cc2ccc(N)cc2)c1C. The summed E-state index contributed by atoms with van der Waals surface area (Å²) >= 11 is 0. The first-order chi connectivity index (χ1) is 9.51. The van der Waals surface area contributed by atoms with Crippen LogP contribution in [-0.2, 0) is 13.0 Å². The second kappa shape index (κ2) is 5.90. The Morgan fingerprint density at radius 3 is 2.55 bits per heavy atom. The van der Waals surface area contributed by atoms with Gasteiger partial charge in [-0.2, -0.15) is 5.10 Å². The third-order valence-corrected chi connectivity index (χ3v) is 3.51. The van der Waals surface area contributed by atoms with Crippen LogP contribution in [0.4, 0.5) is 10.1 Å². The molecule has 0 saturated carbocycles. The second-order valence-corrected chi connectivity index (χ2v) is 4.96. The standard InChI is InChI=1S/C16H20FN3/c1-4-14(17)10-20-12(3)16(11(2)19-20)9-13-5-7-15(18)8-6-13/h4-8H,9-10,18H2,1-3H3. The van der Waals surface area contributed by atoms with E-state index in [0.717, 1.165) is 29.1 Å². The molecule has 0 radical (unpaired) electrons. The highest BCUT2D eigenvalue weighted by molar-refractivity contribution is 5.41. The van der Waals surface area contributed by atoms with E-state index in [1.54, 1.807) is 11.6 Å². The summed E-state index contributed by atoms with van der Waals surface area (Å²) in [5.74, 6) is -0.172. The Bertz CT molecular complexity index is 624. The summed E-state index contributed by atoms with van der Waals surface area (Å²) in [6, 6.07) is 7.81. The molecule has 2 aromatic rings. The average Bonchev–Trinajstić information content (AvgIpc) is 2.68. The number of hydrogen-bond donors (Lipinski definition) is 1. The molecule has 0 saturated heterocycles. The minimum atomic E-state index is -0.172. The maximum Gasteiger partial charge on any atom is 0.117 e. The van der Waals surface area contributed by atoms with Gasteiger partial charge < -0.3 is 5.73 Å². The molecule has 0 aliphatic heterocycles. The molecule has 0 spiro atoms. The predicted molar refractivity (Wildman–Crippen MR) is 80.2 cm³/mol. The van der Waals surface area contributed by atoms with E-state index in [1.807, 2.05) is 38.1 Å². The van der Waals surface area contributed by atoms with E-state index in [0.29, 0.717) is 0 Å². The minimum Gasteiger partial charge on any atom is -0.399 e. The van der Waals surface area contributed by atoms with Gasteiger partial charge in [0.15, 0.2) is 0 Å². The Kier molecular flexibility index (Phi) is 4.23. The number of rotatable bonds is 4. The average molecular weight is 273 g/mol. The number of nitrogen functional groups attached to an aromatic ring is 1. The lowest BCUT2D eigenvalue weighted by Crippen LogP contribution is -2.03. The second-order valence-electron chi connectivity index (χ2n) is 4.96. The van der Waals surface area contributed by atoms with E-state index in [2.05, 4.69) is 5.10 Å². The van der Waals surface area contributed by atoms with Gasteiger partial charge in [0, 0.05) is 23.4 Å². The molecule has 0 bridgehead atoms. The van der Waals surface area contributed by atoms with Crippen molar-refractivity contribution in [1.82, 2.24) is 9.78 Å². The van der Waals surface area contributed by atoms with Gasteiger partial charge in [-0.25, -0.2) is 4.39 Å². The molecular weight excluding hydrogens is 253 g/mol. The number of aryl methyl sites for hydroxylation is 1. The normalized spacial score (nSPS) is 11.9. The number of nitrogens with two attached hydrogens (primary N) is 1. The van der Waals surface area contributed by atoms with Crippen LogP contribution < -0.4 is 5.73 Å². The van der Waals surface area contributed by atoms with Gasteiger partial charge in [0.05, 0.1) is 12.2 Å². The number of hydrogen-bond acceptors (Lipinski definition) is 2. The fourth-order valence-corrected chi connectivity index (χ4v) is 2.22. The highest BCUT2D eigenvalue weighted by Crippen LogP contribution is 2.19. The predicted octanol–water partition coefficient (Wildman–Crippen LogP) is 3.55. The van der Waals surface area contributed by atoms with Crippen LogP contribution in [0.15, 0.2) is 36.2 Å². The first-order valence-electron chi connectivity index (χ1n) is 6.69. The zero-order valence-electron chi connectivity index (χ0n) is 12.2. The van der Waals surface area contributed by atoms with Gasteiger partial charge in [-0.15, -0.1) is 0 Å². The largest absolute Gasteiger partial charge is 0.399 e. The molecule has 3 nitrogen and oxygen atoms in total. The van der Waals surface area contributed by atoms with Crippen LogP contribution in [0, 0.1) is 13.8 Å². The molecule has 20 heavy (non-hydrogen) atoms. The van der Waals surface area contributed by atoms with Gasteiger partial charge in [-0.05, 0) is 38.5 Å². The van der Waals surface area contributed by atoms with E-state index in [9.17, 15) is 4.39 Å². The van der Waals surface area contributed by atoms with Crippen molar-refractivity contribution >= 4 is 5.69 Å². The van der Waals surface area contributed by atoms with Crippen molar-refractivity contribution in [3.63, 3.8) is 0 Å². The van der Waals surface area contributed by atoms with Gasteiger partial charge in [0.25, 0.3) is 0 Å². The molecule has 0 unspecified atom stereocenters. The molecule has 0 aliphatic rings. The summed E-state index contributed by atoms with van der Waals surface area (Å²) in [7, 11) is 0. The van der Waals surface area contributed by atoms with E-state index >= 15 is 0 Å². The van der Waals surface area contributed by atoms with Crippen LogP contribution in [0.3, 0.4) is 0 Å². The lowest BCUT2D eigenvalue weighted by Gasteiger charge is -2.05. The first kappa shape index (κ1) is 14.3. The van der Waals surface area contributed by atoms with Crippen LogP contribution in [-0.4, -0.2) is 9.78 Å². The summed E-state index contributed by atoms with van der Waals surface area (Å²) in [6.07, 6.45) is 2.26. The fourth-order valence-electron chi connectivity index (χ4n) is 2.22. The Hall–Kier alpha value is -2.10. The lowest BCUT2D eigenvalue weighted by atomic mass is 10.0. The van der Waals surface area contributed by atoms with Crippen LogP contribution in [0.25, 0.3) is 0 Å². The number of nitrogens with zero attached hydrogens (tertiary/aromatic N) is 2. The molecule has 2 rings (SSSR count). The van der Waals surface area contributed by atoms with Crippen molar-refractivity contribution < 1.29 is 4.39 Å². The summed E-state index contributed by atoms with van der Waals surface area (Å²) in [5, 5.41) is 4.42. The van der Waals surface area contributed by atoms with Crippen molar-refractivity contribution in [2.45, 2.75) is 33.7 Å². The molecule has 1 aromatic carbocycles. The zero-order valence-corrected chi connectivity index (χ0v) is 12.2. The van der Waals surface area contributed by atoms with E-state index in [4.69, 9.17) is 5.73 Å². The van der Waals surface area contributed by atoms with Crippen LogP contribution >= 0.6 is 0 Å². The number of aromatic nitrogens is 2. The summed E-state index contributed by atoms with van der Waals surface area (Å²) in [6.45, 7) is 5.83. The monoisotopic (exact) mass is 273 g/mol. The van der Waals surface area contributed by atoms with Crippen LogP contribution in [0.5, 0.6) is 0 Å². The van der Waals surface area contributed by atoms with Crippen LogP contribution in [0.1, 0.15) is 29.4 Å². The number of halogens is 1. The zero-order chi connectivity index (χ0) is 14.7. The van der Waals surface area contributed by atoms with E-state index in [-0.39, 0.29) is 12.4 Å².